The van der Waals surface area contributed by atoms with Gasteiger partial charge in [-0.1, -0.05) is 30.3 Å². The number of rotatable bonds is 8. The highest BCUT2D eigenvalue weighted by Gasteiger charge is 2.09. The third-order valence-corrected chi connectivity index (χ3v) is 4.46. The molecule has 8 heteroatoms. The molecule has 6 nitrogen and oxygen atoms in total. The molecule has 0 atom stereocenters. The van der Waals surface area contributed by atoms with Crippen molar-refractivity contribution in [3.63, 3.8) is 0 Å². The molecule has 0 saturated heterocycles. The molecular formula is C24H21F2N3O3. The van der Waals surface area contributed by atoms with Crippen molar-refractivity contribution in [3.05, 3.63) is 101 Å². The topological polar surface area (TPSA) is 87.3 Å². The molecule has 3 aromatic carbocycles. The Hall–Kier alpha value is -4.07. The van der Waals surface area contributed by atoms with Gasteiger partial charge in [-0.2, -0.15) is 0 Å². The van der Waals surface area contributed by atoms with Crippen LogP contribution in [-0.4, -0.2) is 24.3 Å². The van der Waals surface area contributed by atoms with Crippen LogP contribution in [0.2, 0.25) is 0 Å². The van der Waals surface area contributed by atoms with Crippen LogP contribution in [0.15, 0.2) is 72.8 Å². The Labute approximate surface area is 183 Å². The van der Waals surface area contributed by atoms with E-state index in [-0.39, 0.29) is 25.1 Å². The molecule has 0 unspecified atom stereocenters. The van der Waals surface area contributed by atoms with E-state index in [1.807, 2.05) is 0 Å². The highest BCUT2D eigenvalue weighted by molar-refractivity contribution is 6.04. The number of anilines is 1. The molecule has 0 aliphatic rings. The van der Waals surface area contributed by atoms with E-state index in [2.05, 4.69) is 16.0 Å². The van der Waals surface area contributed by atoms with Gasteiger partial charge >= 0.3 is 0 Å². The van der Waals surface area contributed by atoms with Crippen molar-refractivity contribution in [1.29, 1.82) is 0 Å². The van der Waals surface area contributed by atoms with E-state index in [0.717, 1.165) is 11.6 Å². The van der Waals surface area contributed by atoms with E-state index < -0.39 is 29.4 Å². The Morgan fingerprint density at radius 3 is 2.16 bits per heavy atom. The number of amides is 3. The lowest BCUT2D eigenvalue weighted by Gasteiger charge is -2.10. The van der Waals surface area contributed by atoms with Crippen molar-refractivity contribution >= 4 is 23.4 Å². The highest BCUT2D eigenvalue weighted by atomic mass is 19.1. The van der Waals surface area contributed by atoms with Gasteiger partial charge in [0.25, 0.3) is 5.91 Å². The van der Waals surface area contributed by atoms with E-state index in [4.69, 9.17) is 0 Å². The lowest BCUT2D eigenvalue weighted by molar-refractivity contribution is -0.125. The number of carbonyl (C=O) groups is 3. The van der Waals surface area contributed by atoms with E-state index in [1.54, 1.807) is 30.3 Å². The molecule has 0 spiro atoms. The quantitative estimate of drug-likeness (QED) is 0.506. The molecule has 0 aliphatic carbocycles. The van der Waals surface area contributed by atoms with Gasteiger partial charge in [-0.15, -0.1) is 0 Å². The Bertz CT molecular complexity index is 1130. The molecule has 3 N–H and O–H groups in total. The number of hydrogen-bond donors (Lipinski definition) is 3. The van der Waals surface area contributed by atoms with Crippen LogP contribution in [0, 0.1) is 11.6 Å². The van der Waals surface area contributed by atoms with Crippen molar-refractivity contribution in [2.45, 2.75) is 13.0 Å². The first-order chi connectivity index (χ1) is 15.4. The Morgan fingerprint density at radius 1 is 0.719 bits per heavy atom. The first kappa shape index (κ1) is 22.6. The molecule has 0 bridgehead atoms. The molecule has 0 radical (unpaired) electrons. The fourth-order valence-corrected chi connectivity index (χ4v) is 2.93. The van der Waals surface area contributed by atoms with Crippen molar-refractivity contribution in [2.75, 3.05) is 11.9 Å². The molecule has 3 rings (SSSR count). The van der Waals surface area contributed by atoms with Crippen molar-refractivity contribution in [1.82, 2.24) is 10.6 Å². The Morgan fingerprint density at radius 2 is 1.41 bits per heavy atom. The predicted molar refractivity (Wildman–Crippen MR) is 116 cm³/mol. The molecule has 0 fully saturated rings. The summed E-state index contributed by atoms with van der Waals surface area (Å²) in [6, 6.07) is 17.9. The second-order valence-electron chi connectivity index (χ2n) is 7.03. The lowest BCUT2D eigenvalue weighted by Crippen LogP contribution is -2.37. The Kier molecular flexibility index (Phi) is 7.64. The summed E-state index contributed by atoms with van der Waals surface area (Å²) in [4.78, 5) is 36.2. The maximum Gasteiger partial charge on any atom is 0.255 e. The molecule has 32 heavy (non-hydrogen) atoms. The normalized spacial score (nSPS) is 10.3. The lowest BCUT2D eigenvalue weighted by atomic mass is 10.1. The zero-order chi connectivity index (χ0) is 22.9. The van der Waals surface area contributed by atoms with Crippen LogP contribution < -0.4 is 16.0 Å². The van der Waals surface area contributed by atoms with Gasteiger partial charge in [0.15, 0.2) is 0 Å². The minimum absolute atomic E-state index is 0.0297. The molecule has 164 valence electrons. The van der Waals surface area contributed by atoms with Crippen molar-refractivity contribution < 1.29 is 23.2 Å². The maximum atomic E-state index is 13.3. The third kappa shape index (κ3) is 7.02. The average Bonchev–Trinajstić information content (AvgIpc) is 2.76. The van der Waals surface area contributed by atoms with Crippen LogP contribution in [0.1, 0.15) is 21.5 Å². The molecular weight excluding hydrogens is 416 g/mol. The second kappa shape index (κ2) is 10.8. The van der Waals surface area contributed by atoms with Gasteiger partial charge in [-0.25, -0.2) is 8.78 Å². The van der Waals surface area contributed by atoms with Gasteiger partial charge in [0.1, 0.15) is 11.6 Å². The van der Waals surface area contributed by atoms with Crippen molar-refractivity contribution in [2.24, 2.45) is 0 Å². The Balaban J connectivity index is 1.45. The van der Waals surface area contributed by atoms with Crippen LogP contribution in [-0.2, 0) is 22.6 Å². The van der Waals surface area contributed by atoms with E-state index in [9.17, 15) is 23.2 Å². The van der Waals surface area contributed by atoms with E-state index in [1.165, 1.54) is 36.4 Å². The third-order valence-electron chi connectivity index (χ3n) is 4.46. The maximum absolute atomic E-state index is 13.3. The number of halogens is 2. The first-order valence-corrected chi connectivity index (χ1v) is 9.83. The van der Waals surface area contributed by atoms with Crippen molar-refractivity contribution in [3.8, 4) is 0 Å². The molecule has 0 aliphatic heterocycles. The summed E-state index contributed by atoms with van der Waals surface area (Å²) in [5.74, 6) is -2.18. The molecule has 0 saturated carbocycles. The summed E-state index contributed by atoms with van der Waals surface area (Å²) in [6.45, 7) is -0.0353. The molecule has 0 aromatic heterocycles. The summed E-state index contributed by atoms with van der Waals surface area (Å²) >= 11 is 0. The van der Waals surface area contributed by atoms with E-state index >= 15 is 0 Å². The SMILES string of the molecule is O=C(CNC(=O)Cc1cccc(F)c1)NCc1cccc(NC(=O)c2cccc(F)c2)c1. The van der Waals surface area contributed by atoms with Crippen LogP contribution in [0.5, 0.6) is 0 Å². The fraction of sp³-hybridized carbons (Fsp3) is 0.125. The monoisotopic (exact) mass is 437 g/mol. The number of hydrogen-bond acceptors (Lipinski definition) is 3. The smallest absolute Gasteiger partial charge is 0.255 e. The van der Waals surface area contributed by atoms with Gasteiger partial charge in [-0.05, 0) is 53.6 Å². The van der Waals surface area contributed by atoms with Gasteiger partial charge in [0.05, 0.1) is 13.0 Å². The van der Waals surface area contributed by atoms with Crippen LogP contribution in [0.3, 0.4) is 0 Å². The fourth-order valence-electron chi connectivity index (χ4n) is 2.93. The molecule has 3 aromatic rings. The van der Waals surface area contributed by atoms with Gasteiger partial charge in [0, 0.05) is 17.8 Å². The minimum Gasteiger partial charge on any atom is -0.350 e. The van der Waals surface area contributed by atoms with Crippen LogP contribution >= 0.6 is 0 Å². The van der Waals surface area contributed by atoms with Crippen LogP contribution in [0.4, 0.5) is 14.5 Å². The minimum atomic E-state index is -0.503. The zero-order valence-electron chi connectivity index (χ0n) is 17.0. The summed E-state index contributed by atoms with van der Waals surface area (Å²) in [7, 11) is 0. The molecule has 0 heterocycles. The number of nitrogens with one attached hydrogen (secondary N) is 3. The molecule has 3 amide bonds. The first-order valence-electron chi connectivity index (χ1n) is 9.83. The average molecular weight is 437 g/mol. The predicted octanol–water partition coefficient (Wildman–Crippen LogP) is 3.19. The van der Waals surface area contributed by atoms with Gasteiger partial charge in [0.2, 0.25) is 11.8 Å². The highest BCUT2D eigenvalue weighted by Crippen LogP contribution is 2.13. The largest absolute Gasteiger partial charge is 0.350 e. The number of carbonyl (C=O) groups excluding carboxylic acids is 3. The zero-order valence-corrected chi connectivity index (χ0v) is 17.0. The standard InChI is InChI=1S/C24H21F2N3O3/c25-19-7-1-4-16(10-19)12-22(30)28-15-23(31)27-14-17-5-2-9-21(11-17)29-24(32)18-6-3-8-20(26)13-18/h1-11,13H,12,14-15H2,(H,27,31)(H,28,30)(H,29,32). The summed E-state index contributed by atoms with van der Waals surface area (Å²) in [5.41, 5.74) is 1.92. The van der Waals surface area contributed by atoms with E-state index in [0.29, 0.717) is 11.3 Å². The van der Waals surface area contributed by atoms with Crippen LogP contribution in [0.25, 0.3) is 0 Å². The summed E-state index contributed by atoms with van der Waals surface area (Å²) in [6.07, 6.45) is -0.0297. The second-order valence-corrected chi connectivity index (χ2v) is 7.03. The van der Waals surface area contributed by atoms with Gasteiger partial charge < -0.3 is 16.0 Å². The summed E-state index contributed by atoms with van der Waals surface area (Å²) in [5, 5.41) is 7.84. The summed E-state index contributed by atoms with van der Waals surface area (Å²) < 4.78 is 26.4. The van der Waals surface area contributed by atoms with Gasteiger partial charge in [-0.3, -0.25) is 14.4 Å². The number of benzene rings is 3.